The fourth-order valence-electron chi connectivity index (χ4n) is 2.52. The lowest BCUT2D eigenvalue weighted by molar-refractivity contribution is 0.351. The van der Waals surface area contributed by atoms with E-state index in [2.05, 4.69) is 0 Å². The third-order valence-electron chi connectivity index (χ3n) is 3.35. The van der Waals surface area contributed by atoms with E-state index in [0.29, 0.717) is 11.5 Å². The molecule has 4 heteroatoms. The maximum absolute atomic E-state index is 9.04. The van der Waals surface area contributed by atoms with Crippen molar-refractivity contribution in [2.45, 2.75) is 19.3 Å². The van der Waals surface area contributed by atoms with Gasteiger partial charge in [-0.2, -0.15) is 10.5 Å². The smallest absolute Gasteiger partial charge is 0.164 e. The maximum atomic E-state index is 9.04. The zero-order valence-electron chi connectivity index (χ0n) is 11.0. The van der Waals surface area contributed by atoms with Gasteiger partial charge in [-0.25, -0.2) is 0 Å². The highest BCUT2D eigenvalue weighted by atomic mass is 16.5. The van der Waals surface area contributed by atoms with Gasteiger partial charge in [0.25, 0.3) is 0 Å². The highest BCUT2D eigenvalue weighted by molar-refractivity contribution is 5.80. The van der Waals surface area contributed by atoms with Gasteiger partial charge in [-0.05, 0) is 36.5 Å². The molecule has 0 atom stereocenters. The topological polar surface area (TPSA) is 66.0 Å². The molecule has 0 aliphatic heterocycles. The molecular weight excluding hydrogens is 240 g/mol. The summed E-state index contributed by atoms with van der Waals surface area (Å²) in [5.74, 6) is 1.38. The molecule has 0 bridgehead atoms. The Kier molecular flexibility index (Phi) is 3.73. The number of hydrogen-bond acceptors (Lipinski definition) is 4. The van der Waals surface area contributed by atoms with Gasteiger partial charge in [0, 0.05) is 5.56 Å². The Balaban J connectivity index is 2.70. The second-order valence-electron chi connectivity index (χ2n) is 4.26. The van der Waals surface area contributed by atoms with Crippen LogP contribution in [0.3, 0.4) is 0 Å². The van der Waals surface area contributed by atoms with Crippen LogP contribution < -0.4 is 9.47 Å². The first-order valence-electron chi connectivity index (χ1n) is 6.04. The number of nitrogens with zero attached hydrogens (tertiary/aromatic N) is 2. The molecule has 0 amide bonds. The van der Waals surface area contributed by atoms with Crippen molar-refractivity contribution in [1.82, 2.24) is 0 Å². The Morgan fingerprint density at radius 3 is 2.42 bits per heavy atom. The lowest BCUT2D eigenvalue weighted by Crippen LogP contribution is -2.07. The summed E-state index contributed by atoms with van der Waals surface area (Å²) in [6, 6.07) is 7.67. The Hall–Kier alpha value is -2.46. The Bertz CT molecular complexity index is 602. The molecule has 0 saturated carbocycles. The molecule has 0 saturated heterocycles. The number of rotatable bonds is 2. The van der Waals surface area contributed by atoms with Crippen LogP contribution in [0.5, 0.6) is 11.5 Å². The van der Waals surface area contributed by atoms with E-state index in [1.165, 1.54) is 0 Å². The number of fused-ring (bicyclic) bond motifs is 1. The van der Waals surface area contributed by atoms with Gasteiger partial charge in [0.2, 0.25) is 0 Å². The maximum Gasteiger partial charge on any atom is 0.164 e. The third-order valence-corrected chi connectivity index (χ3v) is 3.35. The number of nitriles is 2. The first-order chi connectivity index (χ1) is 9.26. The van der Waals surface area contributed by atoms with Crippen LogP contribution in [0.25, 0.3) is 5.57 Å². The van der Waals surface area contributed by atoms with Crippen LogP contribution in [0.2, 0.25) is 0 Å². The molecule has 0 unspecified atom stereocenters. The third kappa shape index (κ3) is 2.13. The number of benzene rings is 1. The first kappa shape index (κ1) is 13.0. The standard InChI is InChI=1S/C15H14N2O2/c1-18-14-7-6-12-11(10(8-16)9-17)4-3-5-13(12)15(14)19-2/h6-7H,3-5H2,1-2H3. The molecular formula is C15H14N2O2. The summed E-state index contributed by atoms with van der Waals surface area (Å²) in [4.78, 5) is 0. The van der Waals surface area contributed by atoms with E-state index in [0.717, 1.165) is 36.0 Å². The quantitative estimate of drug-likeness (QED) is 0.761. The lowest BCUT2D eigenvalue weighted by atomic mass is 9.84. The van der Waals surface area contributed by atoms with E-state index in [4.69, 9.17) is 20.0 Å². The predicted octanol–water partition coefficient (Wildman–Crippen LogP) is 2.84. The van der Waals surface area contributed by atoms with E-state index < -0.39 is 0 Å². The molecule has 4 nitrogen and oxygen atoms in total. The molecule has 1 aromatic carbocycles. The van der Waals surface area contributed by atoms with Gasteiger partial charge in [-0.15, -0.1) is 0 Å². The monoisotopic (exact) mass is 254 g/mol. The van der Waals surface area contributed by atoms with E-state index in [-0.39, 0.29) is 5.57 Å². The van der Waals surface area contributed by atoms with Crippen LogP contribution >= 0.6 is 0 Å². The van der Waals surface area contributed by atoms with E-state index in [1.807, 2.05) is 24.3 Å². The molecule has 0 radical (unpaired) electrons. The summed E-state index contributed by atoms with van der Waals surface area (Å²) in [6.45, 7) is 0. The summed E-state index contributed by atoms with van der Waals surface area (Å²) in [5.41, 5.74) is 2.95. The van der Waals surface area contributed by atoms with Crippen molar-refractivity contribution in [3.63, 3.8) is 0 Å². The van der Waals surface area contributed by atoms with Crippen molar-refractivity contribution >= 4 is 5.57 Å². The highest BCUT2D eigenvalue weighted by Gasteiger charge is 2.23. The van der Waals surface area contributed by atoms with E-state index in [9.17, 15) is 0 Å². The van der Waals surface area contributed by atoms with Crippen LogP contribution in [-0.2, 0) is 6.42 Å². The van der Waals surface area contributed by atoms with Crippen molar-refractivity contribution in [3.8, 4) is 23.6 Å². The van der Waals surface area contributed by atoms with Crippen molar-refractivity contribution in [1.29, 1.82) is 10.5 Å². The summed E-state index contributed by atoms with van der Waals surface area (Å²) >= 11 is 0. The number of methoxy groups -OCH3 is 2. The van der Waals surface area contributed by atoms with Crippen LogP contribution in [0.1, 0.15) is 24.0 Å². The van der Waals surface area contributed by atoms with Gasteiger partial charge >= 0.3 is 0 Å². The molecule has 1 aliphatic carbocycles. The molecule has 0 fully saturated rings. The van der Waals surface area contributed by atoms with Gasteiger partial charge in [0.1, 0.15) is 17.7 Å². The minimum atomic E-state index is 0.188. The molecule has 1 aliphatic rings. The summed E-state index contributed by atoms with van der Waals surface area (Å²) in [5, 5.41) is 18.1. The van der Waals surface area contributed by atoms with Crippen molar-refractivity contribution in [3.05, 3.63) is 28.8 Å². The minimum Gasteiger partial charge on any atom is -0.493 e. The van der Waals surface area contributed by atoms with Gasteiger partial charge < -0.3 is 9.47 Å². The molecule has 1 aromatic rings. The van der Waals surface area contributed by atoms with Crippen LogP contribution in [0.15, 0.2) is 17.7 Å². The average Bonchev–Trinajstić information content (AvgIpc) is 2.47. The zero-order chi connectivity index (χ0) is 13.8. The number of ether oxygens (including phenoxy) is 2. The normalized spacial score (nSPS) is 12.9. The van der Waals surface area contributed by atoms with Gasteiger partial charge in [-0.1, -0.05) is 6.07 Å². The fraction of sp³-hybridized carbons (Fsp3) is 0.333. The first-order valence-corrected chi connectivity index (χ1v) is 6.04. The Labute approximate surface area is 112 Å². The van der Waals surface area contributed by atoms with Crippen LogP contribution in [-0.4, -0.2) is 14.2 Å². The predicted molar refractivity (Wildman–Crippen MR) is 70.6 cm³/mol. The average molecular weight is 254 g/mol. The SMILES string of the molecule is COc1ccc2c(c1OC)CCCC2=C(C#N)C#N. The zero-order valence-corrected chi connectivity index (χ0v) is 11.0. The molecule has 0 N–H and O–H groups in total. The van der Waals surface area contributed by atoms with Gasteiger partial charge in [0.15, 0.2) is 11.5 Å². The number of hydrogen-bond donors (Lipinski definition) is 0. The van der Waals surface area contributed by atoms with Crippen molar-refractivity contribution < 1.29 is 9.47 Å². The molecule has 0 spiro atoms. The largest absolute Gasteiger partial charge is 0.493 e. The number of allylic oxidation sites excluding steroid dienone is 2. The molecule has 0 aromatic heterocycles. The Morgan fingerprint density at radius 2 is 1.84 bits per heavy atom. The van der Waals surface area contributed by atoms with Crippen LogP contribution in [0, 0.1) is 22.7 Å². The van der Waals surface area contributed by atoms with Crippen molar-refractivity contribution in [2.24, 2.45) is 0 Å². The summed E-state index contributed by atoms with van der Waals surface area (Å²) in [6.07, 6.45) is 2.51. The summed E-state index contributed by atoms with van der Waals surface area (Å²) in [7, 11) is 3.20. The van der Waals surface area contributed by atoms with E-state index in [1.54, 1.807) is 14.2 Å². The minimum absolute atomic E-state index is 0.188. The highest BCUT2D eigenvalue weighted by Crippen LogP contribution is 2.42. The Morgan fingerprint density at radius 1 is 1.11 bits per heavy atom. The van der Waals surface area contributed by atoms with E-state index >= 15 is 0 Å². The lowest BCUT2D eigenvalue weighted by Gasteiger charge is -2.22. The molecule has 19 heavy (non-hydrogen) atoms. The fourth-order valence-corrected chi connectivity index (χ4v) is 2.52. The molecule has 96 valence electrons. The molecule has 0 heterocycles. The molecule has 2 rings (SSSR count). The second kappa shape index (κ2) is 5.46. The van der Waals surface area contributed by atoms with Crippen LogP contribution in [0.4, 0.5) is 0 Å². The van der Waals surface area contributed by atoms with Gasteiger partial charge in [0.05, 0.1) is 14.2 Å². The van der Waals surface area contributed by atoms with Crippen molar-refractivity contribution in [2.75, 3.05) is 14.2 Å². The van der Waals surface area contributed by atoms with Gasteiger partial charge in [-0.3, -0.25) is 0 Å². The second-order valence-corrected chi connectivity index (χ2v) is 4.26. The summed E-state index contributed by atoms with van der Waals surface area (Å²) < 4.78 is 10.7.